The van der Waals surface area contributed by atoms with Crippen molar-refractivity contribution in [2.24, 2.45) is 5.92 Å². The number of hydrogen-bond acceptors (Lipinski definition) is 5. The summed E-state index contributed by atoms with van der Waals surface area (Å²) >= 11 is 0. The average Bonchev–Trinajstić information content (AvgIpc) is 2.91. The van der Waals surface area contributed by atoms with Gasteiger partial charge in [0, 0.05) is 6.54 Å². The third kappa shape index (κ3) is 6.96. The number of carbonyl (C=O) groups is 2. The zero-order chi connectivity index (χ0) is 25.9. The number of rotatable bonds is 10. The highest BCUT2D eigenvalue weighted by atomic mass is 16.6. The molecule has 0 heterocycles. The summed E-state index contributed by atoms with van der Waals surface area (Å²) in [6.45, 7) is 6.28. The van der Waals surface area contributed by atoms with Crippen molar-refractivity contribution in [3.8, 4) is 17.2 Å². The SMILES string of the molecule is CCCOC(=O)N(Cc1ccc(-c2ccccc2C#N)cc1)[C@H](C(=O)OCc1ccccc1)C(C)C. The molecule has 0 aromatic heterocycles. The molecule has 6 heteroatoms. The van der Waals surface area contributed by atoms with Crippen molar-refractivity contribution in [2.75, 3.05) is 6.61 Å². The van der Waals surface area contributed by atoms with Gasteiger partial charge < -0.3 is 9.47 Å². The van der Waals surface area contributed by atoms with E-state index < -0.39 is 18.1 Å². The fourth-order valence-electron chi connectivity index (χ4n) is 3.94. The molecule has 6 nitrogen and oxygen atoms in total. The van der Waals surface area contributed by atoms with Gasteiger partial charge in [0.15, 0.2) is 0 Å². The number of ether oxygens (including phenoxy) is 2. The van der Waals surface area contributed by atoms with Crippen molar-refractivity contribution in [3.05, 3.63) is 95.6 Å². The quantitative estimate of drug-likeness (QED) is 0.314. The van der Waals surface area contributed by atoms with E-state index >= 15 is 0 Å². The lowest BCUT2D eigenvalue weighted by Gasteiger charge is -2.32. The molecule has 0 aliphatic rings. The van der Waals surface area contributed by atoms with Crippen LogP contribution in [0.25, 0.3) is 11.1 Å². The van der Waals surface area contributed by atoms with Crippen LogP contribution in [0.4, 0.5) is 4.79 Å². The zero-order valence-electron chi connectivity index (χ0n) is 21.0. The fourth-order valence-corrected chi connectivity index (χ4v) is 3.94. The molecular formula is C30H32N2O4. The summed E-state index contributed by atoms with van der Waals surface area (Å²) in [5.41, 5.74) is 4.05. The van der Waals surface area contributed by atoms with Gasteiger partial charge in [-0.25, -0.2) is 9.59 Å². The number of amides is 1. The van der Waals surface area contributed by atoms with Crippen LogP contribution < -0.4 is 0 Å². The number of carbonyl (C=O) groups excluding carboxylic acids is 2. The molecular weight excluding hydrogens is 452 g/mol. The maximum absolute atomic E-state index is 13.2. The number of nitriles is 1. The molecule has 0 saturated carbocycles. The topological polar surface area (TPSA) is 79.6 Å². The van der Waals surface area contributed by atoms with E-state index in [-0.39, 0.29) is 25.7 Å². The van der Waals surface area contributed by atoms with Crippen molar-refractivity contribution < 1.29 is 19.1 Å². The molecule has 0 aliphatic heterocycles. The van der Waals surface area contributed by atoms with Gasteiger partial charge in [0.1, 0.15) is 12.6 Å². The second-order valence-corrected chi connectivity index (χ2v) is 8.88. The van der Waals surface area contributed by atoms with Gasteiger partial charge in [-0.05, 0) is 40.7 Å². The van der Waals surface area contributed by atoms with Crippen molar-refractivity contribution in [1.29, 1.82) is 5.26 Å². The van der Waals surface area contributed by atoms with E-state index in [4.69, 9.17) is 9.47 Å². The minimum atomic E-state index is -0.808. The lowest BCUT2D eigenvalue weighted by molar-refractivity contribution is -0.152. The van der Waals surface area contributed by atoms with Crippen LogP contribution in [0.5, 0.6) is 0 Å². The molecule has 3 rings (SSSR count). The predicted molar refractivity (Wildman–Crippen MR) is 139 cm³/mol. The van der Waals surface area contributed by atoms with Crippen LogP contribution in [0.3, 0.4) is 0 Å². The van der Waals surface area contributed by atoms with Crippen LogP contribution >= 0.6 is 0 Å². The second kappa shape index (κ2) is 13.1. The third-order valence-electron chi connectivity index (χ3n) is 5.76. The molecule has 0 radical (unpaired) electrons. The summed E-state index contributed by atoms with van der Waals surface area (Å²) in [6.07, 6.45) is 0.128. The molecule has 0 fully saturated rings. The Morgan fingerprint density at radius 1 is 0.889 bits per heavy atom. The first-order chi connectivity index (χ1) is 17.4. The standard InChI is InChI=1S/C30H32N2O4/c1-4-18-35-30(34)32(28(22(2)3)29(33)36-21-24-10-6-5-7-11-24)20-23-14-16-25(17-15-23)27-13-9-8-12-26(27)19-31/h5-17,22,28H,4,18,20-21H2,1-3H3/t28-/m0/s1. The summed E-state index contributed by atoms with van der Waals surface area (Å²) in [6, 6.07) is 25.9. The summed E-state index contributed by atoms with van der Waals surface area (Å²) < 4.78 is 11.0. The van der Waals surface area contributed by atoms with Crippen LogP contribution in [0.15, 0.2) is 78.9 Å². The second-order valence-electron chi connectivity index (χ2n) is 8.88. The largest absolute Gasteiger partial charge is 0.459 e. The third-order valence-corrected chi connectivity index (χ3v) is 5.76. The van der Waals surface area contributed by atoms with Crippen LogP contribution in [0.1, 0.15) is 43.9 Å². The Kier molecular flexibility index (Phi) is 9.64. The fraction of sp³-hybridized carbons (Fsp3) is 0.300. The molecule has 0 N–H and O–H groups in total. The van der Waals surface area contributed by atoms with Gasteiger partial charge in [-0.3, -0.25) is 4.90 Å². The van der Waals surface area contributed by atoms with Gasteiger partial charge in [0.05, 0.1) is 18.2 Å². The Morgan fingerprint density at radius 3 is 2.19 bits per heavy atom. The van der Waals surface area contributed by atoms with E-state index in [1.807, 2.05) is 93.6 Å². The van der Waals surface area contributed by atoms with Crippen molar-refractivity contribution in [2.45, 2.75) is 46.4 Å². The maximum Gasteiger partial charge on any atom is 0.410 e. The normalized spacial score (nSPS) is 11.4. The first-order valence-corrected chi connectivity index (χ1v) is 12.2. The van der Waals surface area contributed by atoms with E-state index in [1.54, 1.807) is 6.07 Å². The maximum atomic E-state index is 13.2. The molecule has 0 bridgehead atoms. The average molecular weight is 485 g/mol. The monoisotopic (exact) mass is 484 g/mol. The Bertz CT molecular complexity index is 1180. The van der Waals surface area contributed by atoms with E-state index in [2.05, 4.69) is 6.07 Å². The smallest absolute Gasteiger partial charge is 0.410 e. The van der Waals surface area contributed by atoms with E-state index in [9.17, 15) is 14.9 Å². The molecule has 3 aromatic carbocycles. The van der Waals surface area contributed by atoms with E-state index in [0.29, 0.717) is 12.0 Å². The van der Waals surface area contributed by atoms with Gasteiger partial charge in [0.25, 0.3) is 0 Å². The highest BCUT2D eigenvalue weighted by molar-refractivity contribution is 5.82. The highest BCUT2D eigenvalue weighted by Gasteiger charge is 2.35. The van der Waals surface area contributed by atoms with E-state index in [0.717, 1.165) is 22.3 Å². The van der Waals surface area contributed by atoms with Crippen molar-refractivity contribution >= 4 is 12.1 Å². The minimum absolute atomic E-state index is 0.133. The van der Waals surface area contributed by atoms with Crippen LogP contribution in [0.2, 0.25) is 0 Å². The molecule has 1 atom stereocenters. The van der Waals surface area contributed by atoms with Gasteiger partial charge in [-0.15, -0.1) is 0 Å². The zero-order valence-corrected chi connectivity index (χ0v) is 21.0. The van der Waals surface area contributed by atoms with Gasteiger partial charge in [-0.2, -0.15) is 5.26 Å². The Morgan fingerprint density at radius 2 is 1.56 bits per heavy atom. The molecule has 0 spiro atoms. The number of nitrogens with zero attached hydrogens (tertiary/aromatic N) is 2. The first kappa shape index (κ1) is 26.5. The molecule has 1 amide bonds. The summed E-state index contributed by atoms with van der Waals surface area (Å²) in [7, 11) is 0. The van der Waals surface area contributed by atoms with Crippen molar-refractivity contribution in [1.82, 2.24) is 4.90 Å². The van der Waals surface area contributed by atoms with Gasteiger partial charge in [0.2, 0.25) is 0 Å². The lowest BCUT2D eigenvalue weighted by atomic mass is 9.98. The molecule has 36 heavy (non-hydrogen) atoms. The number of hydrogen-bond donors (Lipinski definition) is 0. The molecule has 0 unspecified atom stereocenters. The molecule has 3 aromatic rings. The Labute approximate surface area is 213 Å². The summed E-state index contributed by atoms with van der Waals surface area (Å²) in [5, 5.41) is 9.41. The Hall–Kier alpha value is -4.11. The molecule has 0 saturated heterocycles. The first-order valence-electron chi connectivity index (χ1n) is 12.2. The lowest BCUT2D eigenvalue weighted by Crippen LogP contribution is -2.48. The van der Waals surface area contributed by atoms with Crippen LogP contribution in [-0.4, -0.2) is 29.6 Å². The molecule has 186 valence electrons. The van der Waals surface area contributed by atoms with Crippen LogP contribution in [-0.2, 0) is 27.4 Å². The van der Waals surface area contributed by atoms with Crippen molar-refractivity contribution in [3.63, 3.8) is 0 Å². The summed E-state index contributed by atoms with van der Waals surface area (Å²) in [4.78, 5) is 27.7. The number of esters is 1. The Balaban J connectivity index is 1.83. The minimum Gasteiger partial charge on any atom is -0.459 e. The van der Waals surface area contributed by atoms with Gasteiger partial charge >= 0.3 is 12.1 Å². The van der Waals surface area contributed by atoms with Crippen LogP contribution in [0, 0.1) is 17.2 Å². The van der Waals surface area contributed by atoms with E-state index in [1.165, 1.54) is 4.90 Å². The highest BCUT2D eigenvalue weighted by Crippen LogP contribution is 2.25. The summed E-state index contributed by atoms with van der Waals surface area (Å²) in [5.74, 6) is -0.661. The predicted octanol–water partition coefficient (Wildman–Crippen LogP) is 6.34. The van der Waals surface area contributed by atoms with Gasteiger partial charge in [-0.1, -0.05) is 93.6 Å². The molecule has 0 aliphatic carbocycles. The number of benzene rings is 3.